The molecule has 0 aromatic heterocycles. The van der Waals surface area contributed by atoms with E-state index in [9.17, 15) is 0 Å². The number of hydrogen-bond donors (Lipinski definition) is 1. The molecule has 0 saturated heterocycles. The van der Waals surface area contributed by atoms with Crippen LogP contribution in [0.4, 0.5) is 11.4 Å². The van der Waals surface area contributed by atoms with Crippen LogP contribution in [0.2, 0.25) is 0 Å². The molecule has 2 rings (SSSR count). The van der Waals surface area contributed by atoms with E-state index in [1.807, 2.05) is 18.2 Å². The first-order valence-electron chi connectivity index (χ1n) is 6.61. The Morgan fingerprint density at radius 1 is 0.750 bits per heavy atom. The quantitative estimate of drug-likeness (QED) is 0.895. The lowest BCUT2D eigenvalue weighted by Crippen LogP contribution is -1.98. The second kappa shape index (κ2) is 5.87. The molecule has 106 valence electrons. The molecule has 3 heteroatoms. The topological polar surface area (TPSA) is 30.5 Å². The van der Waals surface area contributed by atoms with Crippen molar-refractivity contribution in [3.63, 3.8) is 0 Å². The van der Waals surface area contributed by atoms with Crippen molar-refractivity contribution < 1.29 is 9.47 Å². The van der Waals surface area contributed by atoms with Crippen molar-refractivity contribution in [1.82, 2.24) is 0 Å². The Morgan fingerprint density at radius 3 is 1.70 bits per heavy atom. The highest BCUT2D eigenvalue weighted by molar-refractivity contribution is 5.69. The van der Waals surface area contributed by atoms with Gasteiger partial charge >= 0.3 is 0 Å². The Labute approximate surface area is 120 Å². The van der Waals surface area contributed by atoms with Gasteiger partial charge in [-0.2, -0.15) is 0 Å². The minimum atomic E-state index is 0.772. The number of hydrogen-bond acceptors (Lipinski definition) is 3. The Bertz CT molecular complexity index is 575. The highest BCUT2D eigenvalue weighted by Gasteiger charge is 2.07. The highest BCUT2D eigenvalue weighted by atomic mass is 16.5. The van der Waals surface area contributed by atoms with E-state index in [4.69, 9.17) is 9.47 Å². The van der Waals surface area contributed by atoms with E-state index in [1.165, 1.54) is 16.7 Å². The van der Waals surface area contributed by atoms with Crippen LogP contribution in [-0.2, 0) is 0 Å². The predicted octanol–water partition coefficient (Wildman–Crippen LogP) is 4.37. The summed E-state index contributed by atoms with van der Waals surface area (Å²) in [5, 5.41) is 3.46. The van der Waals surface area contributed by atoms with E-state index in [1.54, 1.807) is 14.2 Å². The Morgan fingerprint density at radius 2 is 1.25 bits per heavy atom. The van der Waals surface area contributed by atoms with E-state index in [0.717, 1.165) is 22.9 Å². The molecule has 2 aromatic rings. The van der Waals surface area contributed by atoms with Gasteiger partial charge < -0.3 is 14.8 Å². The zero-order chi connectivity index (χ0) is 14.7. The molecule has 2 aromatic carbocycles. The maximum absolute atomic E-state index is 5.29. The summed E-state index contributed by atoms with van der Waals surface area (Å²) in [5.41, 5.74) is 5.81. The molecule has 20 heavy (non-hydrogen) atoms. The standard InChI is InChI=1S/C17H21NO2/c1-11-6-12(2)17(13(3)7-11)18-14-8-15(19-4)10-16(9-14)20-5/h6-10,18H,1-5H3. The van der Waals surface area contributed by atoms with Gasteiger partial charge in [0, 0.05) is 29.6 Å². The van der Waals surface area contributed by atoms with Crippen LogP contribution in [0.3, 0.4) is 0 Å². The third-order valence-electron chi connectivity index (χ3n) is 3.30. The van der Waals surface area contributed by atoms with E-state index in [0.29, 0.717) is 0 Å². The van der Waals surface area contributed by atoms with Crippen LogP contribution < -0.4 is 14.8 Å². The monoisotopic (exact) mass is 271 g/mol. The molecule has 0 fully saturated rings. The second-order valence-electron chi connectivity index (χ2n) is 5.00. The molecule has 0 heterocycles. The van der Waals surface area contributed by atoms with E-state index >= 15 is 0 Å². The molecule has 0 aliphatic rings. The molecule has 1 N–H and O–H groups in total. The number of methoxy groups -OCH3 is 2. The van der Waals surface area contributed by atoms with Crippen molar-refractivity contribution in [2.24, 2.45) is 0 Å². The summed E-state index contributed by atoms with van der Waals surface area (Å²) < 4.78 is 10.6. The predicted molar refractivity (Wildman–Crippen MR) is 83.5 cm³/mol. The summed E-state index contributed by atoms with van der Waals surface area (Å²) in [7, 11) is 3.31. The number of benzene rings is 2. The summed E-state index contributed by atoms with van der Waals surface area (Å²) >= 11 is 0. The van der Waals surface area contributed by atoms with Crippen molar-refractivity contribution in [3.05, 3.63) is 47.0 Å². The van der Waals surface area contributed by atoms with Gasteiger partial charge in [0.1, 0.15) is 11.5 Å². The van der Waals surface area contributed by atoms with E-state index < -0.39 is 0 Å². The minimum absolute atomic E-state index is 0.772. The average molecular weight is 271 g/mol. The van der Waals surface area contributed by atoms with Gasteiger partial charge in [0.05, 0.1) is 14.2 Å². The molecule has 0 spiro atoms. The normalized spacial score (nSPS) is 10.2. The lowest BCUT2D eigenvalue weighted by atomic mass is 10.0. The van der Waals surface area contributed by atoms with Crippen molar-refractivity contribution in [2.75, 3.05) is 19.5 Å². The van der Waals surface area contributed by atoms with Gasteiger partial charge in [-0.15, -0.1) is 0 Å². The first-order chi connectivity index (χ1) is 9.53. The molecule has 0 bridgehead atoms. The van der Waals surface area contributed by atoms with Crippen LogP contribution >= 0.6 is 0 Å². The van der Waals surface area contributed by atoms with Crippen LogP contribution in [0.1, 0.15) is 16.7 Å². The highest BCUT2D eigenvalue weighted by Crippen LogP contribution is 2.31. The summed E-state index contributed by atoms with van der Waals surface area (Å²) in [4.78, 5) is 0. The smallest absolute Gasteiger partial charge is 0.124 e. The maximum atomic E-state index is 5.29. The number of rotatable bonds is 4. The lowest BCUT2D eigenvalue weighted by Gasteiger charge is -2.15. The third-order valence-corrected chi connectivity index (χ3v) is 3.30. The third kappa shape index (κ3) is 3.05. The molecular weight excluding hydrogens is 250 g/mol. The number of anilines is 2. The second-order valence-corrected chi connectivity index (χ2v) is 5.00. The fourth-order valence-corrected chi connectivity index (χ4v) is 2.40. The largest absolute Gasteiger partial charge is 0.497 e. The lowest BCUT2D eigenvalue weighted by molar-refractivity contribution is 0.395. The fraction of sp³-hybridized carbons (Fsp3) is 0.294. The van der Waals surface area contributed by atoms with Crippen LogP contribution in [0.15, 0.2) is 30.3 Å². The van der Waals surface area contributed by atoms with E-state index in [2.05, 4.69) is 38.2 Å². The molecule has 0 unspecified atom stereocenters. The average Bonchev–Trinajstić information content (AvgIpc) is 2.42. The van der Waals surface area contributed by atoms with Crippen LogP contribution in [0.5, 0.6) is 11.5 Å². The van der Waals surface area contributed by atoms with Crippen molar-refractivity contribution in [2.45, 2.75) is 20.8 Å². The molecule has 0 atom stereocenters. The molecule has 0 radical (unpaired) electrons. The van der Waals surface area contributed by atoms with Crippen molar-refractivity contribution in [1.29, 1.82) is 0 Å². The van der Waals surface area contributed by atoms with Gasteiger partial charge in [0.25, 0.3) is 0 Å². The Kier molecular flexibility index (Phi) is 4.18. The van der Waals surface area contributed by atoms with Gasteiger partial charge in [0.2, 0.25) is 0 Å². The Balaban J connectivity index is 2.39. The summed E-state index contributed by atoms with van der Waals surface area (Å²) in [5.74, 6) is 1.54. The van der Waals surface area contributed by atoms with Crippen LogP contribution in [-0.4, -0.2) is 14.2 Å². The van der Waals surface area contributed by atoms with Crippen molar-refractivity contribution in [3.8, 4) is 11.5 Å². The summed E-state index contributed by atoms with van der Waals surface area (Å²) in [6, 6.07) is 10.1. The zero-order valence-corrected chi connectivity index (χ0v) is 12.7. The Hall–Kier alpha value is -2.16. The van der Waals surface area contributed by atoms with Gasteiger partial charge in [0.15, 0.2) is 0 Å². The van der Waals surface area contributed by atoms with Gasteiger partial charge in [-0.3, -0.25) is 0 Å². The minimum Gasteiger partial charge on any atom is -0.497 e. The number of aryl methyl sites for hydroxylation is 3. The molecule has 0 amide bonds. The maximum Gasteiger partial charge on any atom is 0.124 e. The fourth-order valence-electron chi connectivity index (χ4n) is 2.40. The molecular formula is C17H21NO2. The van der Waals surface area contributed by atoms with Crippen LogP contribution in [0, 0.1) is 20.8 Å². The first kappa shape index (κ1) is 14.3. The van der Waals surface area contributed by atoms with E-state index in [-0.39, 0.29) is 0 Å². The number of ether oxygens (including phenoxy) is 2. The molecule has 0 aliphatic carbocycles. The zero-order valence-electron chi connectivity index (χ0n) is 12.7. The van der Waals surface area contributed by atoms with Crippen LogP contribution in [0.25, 0.3) is 0 Å². The summed E-state index contributed by atoms with van der Waals surface area (Å²) in [6.45, 7) is 6.33. The first-order valence-corrected chi connectivity index (χ1v) is 6.61. The van der Waals surface area contributed by atoms with Gasteiger partial charge in [-0.05, 0) is 31.9 Å². The van der Waals surface area contributed by atoms with Gasteiger partial charge in [-0.25, -0.2) is 0 Å². The van der Waals surface area contributed by atoms with Gasteiger partial charge in [-0.1, -0.05) is 17.7 Å². The SMILES string of the molecule is COc1cc(Nc2c(C)cc(C)cc2C)cc(OC)c1. The van der Waals surface area contributed by atoms with Crippen molar-refractivity contribution >= 4 is 11.4 Å². The molecule has 0 saturated carbocycles. The molecule has 3 nitrogen and oxygen atoms in total. The molecule has 0 aliphatic heterocycles. The summed E-state index contributed by atoms with van der Waals surface area (Å²) in [6.07, 6.45) is 0. The number of nitrogens with one attached hydrogen (secondary N) is 1.